The number of hydrogen-bond acceptors (Lipinski definition) is 4. The van der Waals surface area contributed by atoms with Crippen LogP contribution in [0.5, 0.6) is 0 Å². The van der Waals surface area contributed by atoms with Gasteiger partial charge in [0.25, 0.3) is 0 Å². The molecule has 2 aromatic rings. The molecular weight excluding hydrogens is 282 g/mol. The van der Waals surface area contributed by atoms with Crippen LogP contribution < -0.4 is 0 Å². The molecule has 1 aromatic carbocycles. The van der Waals surface area contributed by atoms with Crippen LogP contribution in [-0.4, -0.2) is 17.6 Å². The van der Waals surface area contributed by atoms with Crippen molar-refractivity contribution < 1.29 is 9.53 Å². The number of esters is 1. The SMILES string of the molecule is CCOC(=O)c1sc(Cc2ccc(Cl)cc2)nc1C. The zero-order valence-electron chi connectivity index (χ0n) is 10.8. The van der Waals surface area contributed by atoms with Crippen molar-refractivity contribution in [3.8, 4) is 0 Å². The highest BCUT2D eigenvalue weighted by Crippen LogP contribution is 2.22. The van der Waals surface area contributed by atoms with E-state index in [0.717, 1.165) is 16.3 Å². The Kier molecular flexibility index (Phi) is 4.56. The summed E-state index contributed by atoms with van der Waals surface area (Å²) in [5.74, 6) is -0.292. The first-order valence-corrected chi connectivity index (χ1v) is 7.17. The van der Waals surface area contributed by atoms with Gasteiger partial charge in [0.2, 0.25) is 0 Å². The first-order chi connectivity index (χ1) is 9.10. The van der Waals surface area contributed by atoms with Gasteiger partial charge in [-0.05, 0) is 31.5 Å². The van der Waals surface area contributed by atoms with Crippen LogP contribution >= 0.6 is 22.9 Å². The topological polar surface area (TPSA) is 39.2 Å². The Hall–Kier alpha value is -1.39. The highest BCUT2D eigenvalue weighted by molar-refractivity contribution is 7.13. The van der Waals surface area contributed by atoms with Crippen LogP contribution in [-0.2, 0) is 11.2 Å². The summed E-state index contributed by atoms with van der Waals surface area (Å²) in [6.07, 6.45) is 0.697. The van der Waals surface area contributed by atoms with Crippen molar-refractivity contribution in [2.45, 2.75) is 20.3 Å². The normalized spacial score (nSPS) is 10.5. The number of carbonyl (C=O) groups excluding carboxylic acids is 1. The van der Waals surface area contributed by atoms with E-state index in [0.29, 0.717) is 22.9 Å². The van der Waals surface area contributed by atoms with Crippen molar-refractivity contribution in [3.63, 3.8) is 0 Å². The molecule has 0 unspecified atom stereocenters. The molecule has 0 radical (unpaired) electrons. The van der Waals surface area contributed by atoms with E-state index in [1.807, 2.05) is 31.2 Å². The maximum Gasteiger partial charge on any atom is 0.350 e. The van der Waals surface area contributed by atoms with Crippen molar-refractivity contribution in [2.75, 3.05) is 6.61 Å². The fourth-order valence-corrected chi connectivity index (χ4v) is 2.81. The zero-order valence-corrected chi connectivity index (χ0v) is 12.3. The van der Waals surface area contributed by atoms with Crippen LogP contribution in [0.25, 0.3) is 0 Å². The molecule has 1 aromatic heterocycles. The Morgan fingerprint density at radius 3 is 2.68 bits per heavy atom. The van der Waals surface area contributed by atoms with E-state index in [-0.39, 0.29) is 5.97 Å². The average Bonchev–Trinajstić information content (AvgIpc) is 2.74. The lowest BCUT2D eigenvalue weighted by Gasteiger charge is -1.98. The number of aromatic nitrogens is 1. The number of aryl methyl sites for hydroxylation is 1. The standard InChI is InChI=1S/C14H14ClNO2S/c1-3-18-14(17)13-9(2)16-12(19-13)8-10-4-6-11(15)7-5-10/h4-7H,3,8H2,1-2H3. The van der Waals surface area contributed by atoms with Crippen LogP contribution in [0.1, 0.15) is 32.9 Å². The fourth-order valence-electron chi connectivity index (χ4n) is 1.69. The van der Waals surface area contributed by atoms with Gasteiger partial charge in [-0.2, -0.15) is 0 Å². The lowest BCUT2D eigenvalue weighted by atomic mass is 10.2. The van der Waals surface area contributed by atoms with Crippen molar-refractivity contribution >= 4 is 28.9 Å². The Morgan fingerprint density at radius 1 is 1.37 bits per heavy atom. The summed E-state index contributed by atoms with van der Waals surface area (Å²) in [5, 5.41) is 1.62. The van der Waals surface area contributed by atoms with E-state index in [1.54, 1.807) is 6.92 Å². The molecule has 0 N–H and O–H groups in total. The first kappa shape index (κ1) is 14.0. The van der Waals surface area contributed by atoms with Gasteiger partial charge in [-0.15, -0.1) is 11.3 Å². The number of nitrogens with zero attached hydrogens (tertiary/aromatic N) is 1. The van der Waals surface area contributed by atoms with Crippen molar-refractivity contribution in [1.82, 2.24) is 4.98 Å². The van der Waals surface area contributed by atoms with Gasteiger partial charge in [0.05, 0.1) is 17.3 Å². The number of halogens is 1. The number of ether oxygens (including phenoxy) is 1. The molecule has 3 nitrogen and oxygen atoms in total. The summed E-state index contributed by atoms with van der Waals surface area (Å²) >= 11 is 7.23. The Morgan fingerprint density at radius 2 is 2.05 bits per heavy atom. The van der Waals surface area contributed by atoms with Gasteiger partial charge in [-0.25, -0.2) is 9.78 Å². The first-order valence-electron chi connectivity index (χ1n) is 5.98. The number of carbonyl (C=O) groups is 1. The van der Waals surface area contributed by atoms with E-state index >= 15 is 0 Å². The molecule has 2 rings (SSSR count). The van der Waals surface area contributed by atoms with E-state index in [4.69, 9.17) is 16.3 Å². The average molecular weight is 296 g/mol. The van der Waals surface area contributed by atoms with Crippen LogP contribution in [0.3, 0.4) is 0 Å². The molecular formula is C14H14ClNO2S. The molecule has 0 aliphatic carbocycles. The minimum Gasteiger partial charge on any atom is -0.462 e. The Bertz CT molecular complexity index is 578. The summed E-state index contributed by atoms with van der Waals surface area (Å²) in [4.78, 5) is 16.7. The molecule has 100 valence electrons. The molecule has 0 amide bonds. The van der Waals surface area contributed by atoms with Gasteiger partial charge < -0.3 is 4.74 Å². The molecule has 1 heterocycles. The van der Waals surface area contributed by atoms with Crippen LogP contribution in [0.15, 0.2) is 24.3 Å². The lowest BCUT2D eigenvalue weighted by molar-refractivity contribution is 0.0531. The quantitative estimate of drug-likeness (QED) is 0.804. The highest BCUT2D eigenvalue weighted by Gasteiger charge is 2.16. The molecule has 0 spiro atoms. The molecule has 0 atom stereocenters. The van der Waals surface area contributed by atoms with Gasteiger partial charge in [0.15, 0.2) is 0 Å². The Labute approximate surface area is 121 Å². The lowest BCUT2D eigenvalue weighted by Crippen LogP contribution is -2.03. The van der Waals surface area contributed by atoms with Crippen molar-refractivity contribution in [3.05, 3.63) is 50.4 Å². The maximum atomic E-state index is 11.7. The van der Waals surface area contributed by atoms with Crippen LogP contribution in [0, 0.1) is 6.92 Å². The van der Waals surface area contributed by atoms with Gasteiger partial charge in [0.1, 0.15) is 4.88 Å². The zero-order chi connectivity index (χ0) is 13.8. The predicted molar refractivity (Wildman–Crippen MR) is 77.1 cm³/mol. The van der Waals surface area contributed by atoms with E-state index in [9.17, 15) is 4.79 Å². The molecule has 0 aliphatic heterocycles. The second-order valence-corrected chi connectivity index (χ2v) is 5.57. The molecule has 0 saturated heterocycles. The summed E-state index contributed by atoms with van der Waals surface area (Å²) in [5.41, 5.74) is 1.85. The van der Waals surface area contributed by atoms with E-state index in [1.165, 1.54) is 11.3 Å². The summed E-state index contributed by atoms with van der Waals surface area (Å²) in [6.45, 7) is 4.00. The molecule has 0 aliphatic rings. The third-order valence-corrected chi connectivity index (χ3v) is 3.96. The maximum absolute atomic E-state index is 11.7. The summed E-state index contributed by atoms with van der Waals surface area (Å²) in [7, 11) is 0. The largest absolute Gasteiger partial charge is 0.462 e. The second-order valence-electron chi connectivity index (χ2n) is 4.05. The monoisotopic (exact) mass is 295 g/mol. The van der Waals surface area contributed by atoms with Crippen LogP contribution in [0.4, 0.5) is 0 Å². The number of thiazole rings is 1. The van der Waals surface area contributed by atoms with E-state index in [2.05, 4.69) is 4.98 Å². The van der Waals surface area contributed by atoms with Crippen LogP contribution in [0.2, 0.25) is 5.02 Å². The number of hydrogen-bond donors (Lipinski definition) is 0. The number of rotatable bonds is 4. The fraction of sp³-hybridized carbons (Fsp3) is 0.286. The highest BCUT2D eigenvalue weighted by atomic mass is 35.5. The van der Waals surface area contributed by atoms with E-state index < -0.39 is 0 Å². The number of benzene rings is 1. The third kappa shape index (κ3) is 3.55. The third-order valence-electron chi connectivity index (χ3n) is 2.57. The summed E-state index contributed by atoms with van der Waals surface area (Å²) in [6, 6.07) is 7.62. The molecule has 19 heavy (non-hydrogen) atoms. The molecule has 0 saturated carbocycles. The smallest absolute Gasteiger partial charge is 0.350 e. The Balaban J connectivity index is 2.16. The van der Waals surface area contributed by atoms with Gasteiger partial charge in [0, 0.05) is 11.4 Å². The van der Waals surface area contributed by atoms with Gasteiger partial charge in [-0.3, -0.25) is 0 Å². The molecule has 0 fully saturated rings. The van der Waals surface area contributed by atoms with Gasteiger partial charge >= 0.3 is 5.97 Å². The van der Waals surface area contributed by atoms with Crippen molar-refractivity contribution in [1.29, 1.82) is 0 Å². The minimum absolute atomic E-state index is 0.292. The molecule has 0 bridgehead atoms. The predicted octanol–water partition coefficient (Wildman–Crippen LogP) is 3.87. The van der Waals surface area contributed by atoms with Crippen molar-refractivity contribution in [2.24, 2.45) is 0 Å². The molecule has 5 heteroatoms. The van der Waals surface area contributed by atoms with Gasteiger partial charge in [-0.1, -0.05) is 23.7 Å². The minimum atomic E-state index is -0.292. The second kappa shape index (κ2) is 6.17. The summed E-state index contributed by atoms with van der Waals surface area (Å²) < 4.78 is 5.00.